The van der Waals surface area contributed by atoms with Crippen LogP contribution in [0.25, 0.3) is 11.3 Å². The van der Waals surface area contributed by atoms with Crippen LogP contribution in [0.3, 0.4) is 0 Å². The Morgan fingerprint density at radius 2 is 2.25 bits per heavy atom. The third-order valence-corrected chi connectivity index (χ3v) is 2.42. The monoisotopic (exact) mass is 240 g/mol. The smallest absolute Gasteiger partial charge is 0.196 e. The van der Waals surface area contributed by atoms with E-state index in [2.05, 4.69) is 4.98 Å². The summed E-state index contributed by atoms with van der Waals surface area (Å²) in [4.78, 5) is 4.05. The molecule has 0 aliphatic rings. The van der Waals surface area contributed by atoms with Crippen molar-refractivity contribution in [3.8, 4) is 11.3 Å². The third-order valence-electron chi connectivity index (χ3n) is 2.11. The predicted octanol–water partition coefficient (Wildman–Crippen LogP) is 2.64. The average Bonchev–Trinajstić information content (AvgIpc) is 2.67. The van der Waals surface area contributed by atoms with Crippen molar-refractivity contribution in [2.24, 2.45) is 5.73 Å². The zero-order valence-electron chi connectivity index (χ0n) is 8.41. The quantitative estimate of drug-likeness (QED) is 0.897. The van der Waals surface area contributed by atoms with Crippen molar-refractivity contribution in [2.45, 2.75) is 6.42 Å². The van der Waals surface area contributed by atoms with E-state index in [-0.39, 0.29) is 5.82 Å². The molecule has 84 valence electrons. The van der Waals surface area contributed by atoms with Crippen LogP contribution < -0.4 is 5.73 Å². The van der Waals surface area contributed by atoms with Crippen molar-refractivity contribution in [1.29, 1.82) is 0 Å². The van der Waals surface area contributed by atoms with Gasteiger partial charge >= 0.3 is 0 Å². The van der Waals surface area contributed by atoms with Crippen LogP contribution in [-0.4, -0.2) is 11.5 Å². The molecule has 0 atom stereocenters. The second-order valence-corrected chi connectivity index (χ2v) is 3.69. The van der Waals surface area contributed by atoms with Crippen LogP contribution in [0.15, 0.2) is 28.8 Å². The Morgan fingerprint density at radius 3 is 2.94 bits per heavy atom. The Balaban J connectivity index is 2.35. The van der Waals surface area contributed by atoms with Crippen LogP contribution in [0, 0.1) is 5.82 Å². The summed E-state index contributed by atoms with van der Waals surface area (Å²) in [5, 5.41) is 0.301. The number of hydrogen-bond acceptors (Lipinski definition) is 3. The number of nitrogens with two attached hydrogens (primary N) is 1. The minimum atomic E-state index is -0.379. The highest BCUT2D eigenvalue weighted by atomic mass is 35.5. The second-order valence-electron chi connectivity index (χ2n) is 3.28. The van der Waals surface area contributed by atoms with Gasteiger partial charge in [-0.1, -0.05) is 11.6 Å². The van der Waals surface area contributed by atoms with Crippen molar-refractivity contribution in [3.63, 3.8) is 0 Å². The highest BCUT2D eigenvalue weighted by molar-refractivity contribution is 6.33. The van der Waals surface area contributed by atoms with Gasteiger partial charge in [0.15, 0.2) is 11.7 Å². The fourth-order valence-corrected chi connectivity index (χ4v) is 1.62. The fraction of sp³-hybridized carbons (Fsp3) is 0.182. The first-order chi connectivity index (χ1) is 7.70. The van der Waals surface area contributed by atoms with Crippen LogP contribution >= 0.6 is 11.6 Å². The topological polar surface area (TPSA) is 52.0 Å². The second kappa shape index (κ2) is 4.63. The maximum atomic E-state index is 12.8. The van der Waals surface area contributed by atoms with Crippen LogP contribution in [0.4, 0.5) is 4.39 Å². The molecule has 0 aliphatic carbocycles. The Bertz CT molecular complexity index is 498. The van der Waals surface area contributed by atoms with Gasteiger partial charge in [0.1, 0.15) is 5.82 Å². The molecule has 1 aromatic heterocycles. The lowest BCUT2D eigenvalue weighted by Crippen LogP contribution is -2.02. The van der Waals surface area contributed by atoms with Crippen molar-refractivity contribution in [1.82, 2.24) is 4.98 Å². The normalized spacial score (nSPS) is 10.7. The molecule has 5 heteroatoms. The third kappa shape index (κ3) is 2.23. The average molecular weight is 241 g/mol. The molecule has 2 N–H and O–H groups in total. The molecule has 0 aliphatic heterocycles. The number of aromatic nitrogens is 1. The Morgan fingerprint density at radius 1 is 1.44 bits per heavy atom. The summed E-state index contributed by atoms with van der Waals surface area (Å²) in [6.07, 6.45) is 2.13. The molecular formula is C11H10ClFN2O. The number of nitrogens with zero attached hydrogens (tertiary/aromatic N) is 1. The number of hydrogen-bond donors (Lipinski definition) is 1. The molecule has 0 radical (unpaired) electrons. The van der Waals surface area contributed by atoms with Gasteiger partial charge < -0.3 is 10.2 Å². The van der Waals surface area contributed by atoms with E-state index in [0.717, 1.165) is 0 Å². The zero-order valence-corrected chi connectivity index (χ0v) is 9.17. The molecule has 3 nitrogen and oxygen atoms in total. The van der Waals surface area contributed by atoms with Gasteiger partial charge in [0, 0.05) is 18.5 Å². The van der Waals surface area contributed by atoms with Crippen LogP contribution in [0.5, 0.6) is 0 Å². The first kappa shape index (κ1) is 11.1. The minimum Gasteiger partial charge on any atom is -0.441 e. The van der Waals surface area contributed by atoms with Gasteiger partial charge in [-0.25, -0.2) is 9.37 Å². The summed E-state index contributed by atoms with van der Waals surface area (Å²) in [7, 11) is 0. The molecule has 2 rings (SSSR count). The molecule has 0 unspecified atom stereocenters. The first-order valence-corrected chi connectivity index (χ1v) is 5.18. The molecule has 0 bridgehead atoms. The summed E-state index contributed by atoms with van der Waals surface area (Å²) in [6.45, 7) is 0.469. The molecule has 0 saturated heterocycles. The van der Waals surface area contributed by atoms with Gasteiger partial charge in [-0.05, 0) is 18.2 Å². The summed E-state index contributed by atoms with van der Waals surface area (Å²) >= 11 is 5.90. The number of benzene rings is 1. The van der Waals surface area contributed by atoms with Gasteiger partial charge in [-0.15, -0.1) is 0 Å². The van der Waals surface area contributed by atoms with Gasteiger partial charge in [0.2, 0.25) is 0 Å². The van der Waals surface area contributed by atoms with E-state index in [1.165, 1.54) is 12.1 Å². The van der Waals surface area contributed by atoms with E-state index in [1.54, 1.807) is 12.3 Å². The minimum absolute atomic E-state index is 0.301. The van der Waals surface area contributed by atoms with Gasteiger partial charge in [0.25, 0.3) is 0 Å². The molecule has 0 spiro atoms. The fourth-order valence-electron chi connectivity index (χ4n) is 1.36. The van der Waals surface area contributed by atoms with Crippen molar-refractivity contribution in [2.75, 3.05) is 6.54 Å². The number of oxazole rings is 1. The summed E-state index contributed by atoms with van der Waals surface area (Å²) in [5.74, 6) is 0.696. The lowest BCUT2D eigenvalue weighted by atomic mass is 10.2. The van der Waals surface area contributed by atoms with Gasteiger partial charge in [-0.2, -0.15) is 0 Å². The largest absolute Gasteiger partial charge is 0.441 e. The Hall–Kier alpha value is -1.39. The van der Waals surface area contributed by atoms with Crippen LogP contribution in [0.2, 0.25) is 5.02 Å². The maximum Gasteiger partial charge on any atom is 0.196 e. The summed E-state index contributed by atoms with van der Waals surface area (Å²) in [6, 6.07) is 4.12. The van der Waals surface area contributed by atoms with E-state index in [1.807, 2.05) is 0 Å². The molecule has 0 amide bonds. The van der Waals surface area contributed by atoms with Crippen molar-refractivity contribution in [3.05, 3.63) is 41.1 Å². The van der Waals surface area contributed by atoms with E-state index >= 15 is 0 Å². The first-order valence-electron chi connectivity index (χ1n) is 4.81. The molecular weight excluding hydrogens is 231 g/mol. The van der Waals surface area contributed by atoms with E-state index in [4.69, 9.17) is 21.8 Å². The molecule has 2 aromatic rings. The Kier molecular flexibility index (Phi) is 3.22. The highest BCUT2D eigenvalue weighted by Crippen LogP contribution is 2.28. The molecule has 16 heavy (non-hydrogen) atoms. The lowest BCUT2D eigenvalue weighted by molar-refractivity contribution is 0.508. The highest BCUT2D eigenvalue weighted by Gasteiger charge is 2.10. The lowest BCUT2D eigenvalue weighted by Gasteiger charge is -1.99. The Labute approximate surface area is 97.0 Å². The van der Waals surface area contributed by atoms with Crippen LogP contribution in [-0.2, 0) is 6.42 Å². The maximum absolute atomic E-state index is 12.8. The number of halogens is 2. The standard InChI is InChI=1S/C11H10ClFN2O/c12-9-5-7(13)1-2-8(9)10-6-15-11(16-10)3-4-14/h1-2,5-6H,3-4,14H2. The SMILES string of the molecule is NCCc1ncc(-c2ccc(F)cc2Cl)o1. The predicted molar refractivity (Wildman–Crippen MR) is 59.7 cm³/mol. The molecule has 1 aromatic carbocycles. The number of rotatable bonds is 3. The van der Waals surface area contributed by atoms with Crippen molar-refractivity contribution < 1.29 is 8.81 Å². The van der Waals surface area contributed by atoms with E-state index in [0.29, 0.717) is 35.2 Å². The molecule has 1 heterocycles. The van der Waals surface area contributed by atoms with E-state index < -0.39 is 0 Å². The molecule has 0 fully saturated rings. The van der Waals surface area contributed by atoms with E-state index in [9.17, 15) is 4.39 Å². The zero-order chi connectivity index (χ0) is 11.5. The van der Waals surface area contributed by atoms with Crippen molar-refractivity contribution >= 4 is 11.6 Å². The summed E-state index contributed by atoms with van der Waals surface area (Å²) in [5.41, 5.74) is 6.01. The summed E-state index contributed by atoms with van der Waals surface area (Å²) < 4.78 is 18.3. The molecule has 0 saturated carbocycles. The van der Waals surface area contributed by atoms with Gasteiger partial charge in [0.05, 0.1) is 11.2 Å². The van der Waals surface area contributed by atoms with Crippen LogP contribution in [0.1, 0.15) is 5.89 Å². The van der Waals surface area contributed by atoms with Gasteiger partial charge in [-0.3, -0.25) is 0 Å².